The molecule has 5 nitrogen and oxygen atoms in total. The maximum absolute atomic E-state index is 12.2. The second-order valence-electron chi connectivity index (χ2n) is 5.85. The number of likely N-dealkylation sites (N-methyl/N-ethyl adjacent to an activating group) is 2. The van der Waals surface area contributed by atoms with Gasteiger partial charge in [-0.25, -0.2) is 0 Å². The summed E-state index contributed by atoms with van der Waals surface area (Å²) in [5, 5.41) is 10.2. The summed E-state index contributed by atoms with van der Waals surface area (Å²) in [6.45, 7) is 7.04. The van der Waals surface area contributed by atoms with E-state index in [-0.39, 0.29) is 5.91 Å². The maximum Gasteiger partial charge on any atom is 0.263 e. The van der Waals surface area contributed by atoms with Crippen LogP contribution < -0.4 is 0 Å². The number of nitrogens with zero attached hydrogens (tertiary/aromatic N) is 3. The lowest BCUT2D eigenvalue weighted by atomic mass is 10.2. The molecule has 1 fully saturated rings. The summed E-state index contributed by atoms with van der Waals surface area (Å²) in [6, 6.07) is 3.80. The van der Waals surface area contributed by atoms with E-state index >= 15 is 0 Å². The first-order valence-corrected chi connectivity index (χ1v) is 8.18. The highest BCUT2D eigenvalue weighted by atomic mass is 32.1. The second-order valence-corrected chi connectivity index (χ2v) is 7.14. The number of aryl methyl sites for hydroxylation is 1. The van der Waals surface area contributed by atoms with E-state index in [1.807, 2.05) is 19.1 Å². The monoisotopic (exact) mass is 311 g/mol. The van der Waals surface area contributed by atoms with Crippen LogP contribution in [0.15, 0.2) is 12.1 Å². The van der Waals surface area contributed by atoms with Crippen LogP contribution in [0.1, 0.15) is 14.5 Å². The van der Waals surface area contributed by atoms with Gasteiger partial charge in [0.1, 0.15) is 0 Å². The molecule has 0 saturated carbocycles. The lowest BCUT2D eigenvalue weighted by Gasteiger charge is -2.34. The van der Waals surface area contributed by atoms with Crippen molar-refractivity contribution in [3.63, 3.8) is 0 Å². The molecule has 1 atom stereocenters. The topological polar surface area (TPSA) is 47.0 Å². The van der Waals surface area contributed by atoms with E-state index in [4.69, 9.17) is 0 Å². The number of carbonyl (C=O) groups is 1. The average Bonchev–Trinajstić information content (AvgIpc) is 2.87. The lowest BCUT2D eigenvalue weighted by molar-refractivity contribution is 0.0504. The van der Waals surface area contributed by atoms with Crippen LogP contribution in [0.4, 0.5) is 0 Å². The van der Waals surface area contributed by atoms with E-state index in [0.29, 0.717) is 13.1 Å². The highest BCUT2D eigenvalue weighted by Gasteiger charge is 2.20. The van der Waals surface area contributed by atoms with Gasteiger partial charge >= 0.3 is 0 Å². The molecule has 1 saturated heterocycles. The van der Waals surface area contributed by atoms with Crippen molar-refractivity contribution in [2.75, 3.05) is 53.4 Å². The summed E-state index contributed by atoms with van der Waals surface area (Å²) in [7, 11) is 3.87. The Morgan fingerprint density at radius 2 is 2.05 bits per heavy atom. The van der Waals surface area contributed by atoms with Crippen molar-refractivity contribution in [1.82, 2.24) is 14.7 Å². The SMILES string of the molecule is Cc1ccc(C(=O)N(C)CC(O)CN2CCN(C)CC2)s1. The number of hydrogen-bond acceptors (Lipinski definition) is 5. The summed E-state index contributed by atoms with van der Waals surface area (Å²) < 4.78 is 0. The Labute approximate surface area is 130 Å². The van der Waals surface area contributed by atoms with Crippen LogP contribution in [0.2, 0.25) is 0 Å². The Morgan fingerprint density at radius 3 is 2.62 bits per heavy atom. The van der Waals surface area contributed by atoms with Crippen molar-refractivity contribution in [1.29, 1.82) is 0 Å². The number of amides is 1. The third-order valence-corrected chi connectivity index (χ3v) is 4.84. The molecule has 0 aliphatic carbocycles. The van der Waals surface area contributed by atoms with Crippen molar-refractivity contribution >= 4 is 17.2 Å². The Kier molecular flexibility index (Phi) is 5.75. The molecule has 1 aliphatic heterocycles. The lowest BCUT2D eigenvalue weighted by Crippen LogP contribution is -2.48. The van der Waals surface area contributed by atoms with Crippen LogP contribution in [0.5, 0.6) is 0 Å². The molecular weight excluding hydrogens is 286 g/mol. The number of piperazine rings is 1. The molecule has 0 bridgehead atoms. The van der Waals surface area contributed by atoms with Gasteiger partial charge in [0.2, 0.25) is 0 Å². The number of β-amino-alcohol motifs (C(OH)–C–C–N with tert-alkyl or cyclic N) is 1. The molecule has 118 valence electrons. The van der Waals surface area contributed by atoms with E-state index < -0.39 is 6.10 Å². The number of thiophene rings is 1. The molecular formula is C15H25N3O2S. The van der Waals surface area contributed by atoms with Crippen LogP contribution >= 0.6 is 11.3 Å². The summed E-state index contributed by atoms with van der Waals surface area (Å²) >= 11 is 1.50. The van der Waals surface area contributed by atoms with Crippen molar-refractivity contribution in [2.24, 2.45) is 0 Å². The van der Waals surface area contributed by atoms with Crippen LogP contribution in [0.3, 0.4) is 0 Å². The van der Waals surface area contributed by atoms with Gasteiger partial charge in [-0.1, -0.05) is 0 Å². The fourth-order valence-corrected chi connectivity index (χ4v) is 3.39. The second kappa shape index (κ2) is 7.35. The van der Waals surface area contributed by atoms with E-state index in [0.717, 1.165) is 35.9 Å². The molecule has 2 rings (SSSR count). The zero-order chi connectivity index (χ0) is 15.4. The molecule has 0 aromatic carbocycles. The fraction of sp³-hybridized carbons (Fsp3) is 0.667. The molecule has 6 heteroatoms. The molecule has 0 radical (unpaired) electrons. The van der Waals surface area contributed by atoms with Crippen molar-refractivity contribution in [3.8, 4) is 0 Å². The van der Waals surface area contributed by atoms with Gasteiger partial charge in [-0.05, 0) is 26.1 Å². The van der Waals surface area contributed by atoms with Crippen LogP contribution in [-0.4, -0.2) is 85.2 Å². The molecule has 1 aromatic heterocycles. The van der Waals surface area contributed by atoms with E-state index in [1.165, 1.54) is 11.3 Å². The predicted octanol–water partition coefficient (Wildman–Crippen LogP) is 0.737. The van der Waals surface area contributed by atoms with Gasteiger partial charge in [0.15, 0.2) is 0 Å². The summed E-state index contributed by atoms with van der Waals surface area (Å²) in [6.07, 6.45) is -0.497. The Morgan fingerprint density at radius 1 is 1.38 bits per heavy atom. The summed E-state index contributed by atoms with van der Waals surface area (Å²) in [5.41, 5.74) is 0. The van der Waals surface area contributed by atoms with Gasteiger partial charge in [-0.2, -0.15) is 0 Å². The van der Waals surface area contributed by atoms with Gasteiger partial charge in [0.25, 0.3) is 5.91 Å². The van der Waals surface area contributed by atoms with Gasteiger partial charge in [0.05, 0.1) is 11.0 Å². The van der Waals surface area contributed by atoms with Gasteiger partial charge < -0.3 is 14.9 Å². The normalized spacial score (nSPS) is 18.7. The minimum absolute atomic E-state index is 0.00877. The molecule has 2 heterocycles. The first-order valence-electron chi connectivity index (χ1n) is 7.36. The zero-order valence-corrected chi connectivity index (χ0v) is 13.9. The number of aliphatic hydroxyl groups is 1. The fourth-order valence-electron chi connectivity index (χ4n) is 2.52. The standard InChI is InChI=1S/C15H25N3O2S/c1-12-4-5-14(21-12)15(20)17(3)10-13(19)11-18-8-6-16(2)7-9-18/h4-5,13,19H,6-11H2,1-3H3. The largest absolute Gasteiger partial charge is 0.390 e. The van der Waals surface area contributed by atoms with Crippen LogP contribution in [-0.2, 0) is 0 Å². The quantitative estimate of drug-likeness (QED) is 0.871. The first-order chi connectivity index (χ1) is 9.95. The molecule has 1 N–H and O–H groups in total. The molecule has 1 aromatic rings. The molecule has 0 spiro atoms. The van der Waals surface area contributed by atoms with E-state index in [1.54, 1.807) is 11.9 Å². The average molecular weight is 311 g/mol. The molecule has 1 unspecified atom stereocenters. The smallest absolute Gasteiger partial charge is 0.263 e. The number of rotatable bonds is 5. The van der Waals surface area contributed by atoms with Gasteiger partial charge in [0, 0.05) is 51.2 Å². The van der Waals surface area contributed by atoms with Gasteiger partial charge in [-0.15, -0.1) is 11.3 Å². The third-order valence-electron chi connectivity index (χ3n) is 3.85. The number of hydrogen-bond donors (Lipinski definition) is 1. The van der Waals surface area contributed by atoms with Crippen molar-refractivity contribution in [3.05, 3.63) is 21.9 Å². The van der Waals surface area contributed by atoms with E-state index in [2.05, 4.69) is 16.8 Å². The predicted molar refractivity (Wildman–Crippen MR) is 86.0 cm³/mol. The Bertz CT molecular complexity index is 469. The van der Waals surface area contributed by atoms with E-state index in [9.17, 15) is 9.90 Å². The minimum atomic E-state index is -0.497. The molecule has 1 aliphatic rings. The van der Waals surface area contributed by atoms with Gasteiger partial charge in [-0.3, -0.25) is 9.69 Å². The Hall–Kier alpha value is -0.950. The Balaban J connectivity index is 1.79. The highest BCUT2D eigenvalue weighted by molar-refractivity contribution is 7.13. The number of aliphatic hydroxyl groups excluding tert-OH is 1. The maximum atomic E-state index is 12.2. The van der Waals surface area contributed by atoms with Crippen molar-refractivity contribution < 1.29 is 9.90 Å². The van der Waals surface area contributed by atoms with Crippen LogP contribution in [0, 0.1) is 6.92 Å². The van der Waals surface area contributed by atoms with Crippen LogP contribution in [0.25, 0.3) is 0 Å². The third kappa shape index (κ3) is 4.78. The highest BCUT2D eigenvalue weighted by Crippen LogP contribution is 2.16. The first kappa shape index (κ1) is 16.4. The van der Waals surface area contributed by atoms with Crippen molar-refractivity contribution in [2.45, 2.75) is 13.0 Å². The zero-order valence-electron chi connectivity index (χ0n) is 13.1. The summed E-state index contributed by atoms with van der Waals surface area (Å²) in [4.78, 5) is 20.3. The molecule has 21 heavy (non-hydrogen) atoms. The number of carbonyl (C=O) groups excluding carboxylic acids is 1. The molecule has 1 amide bonds. The summed E-state index contributed by atoms with van der Waals surface area (Å²) in [5.74, 6) is -0.00877. The minimum Gasteiger partial charge on any atom is -0.390 e.